The van der Waals surface area contributed by atoms with E-state index in [4.69, 9.17) is 9.47 Å². The number of ketones is 2. The lowest BCUT2D eigenvalue weighted by molar-refractivity contribution is -0.146. The second kappa shape index (κ2) is 13.1. The molecule has 0 fully saturated rings. The summed E-state index contributed by atoms with van der Waals surface area (Å²) in [5.74, 6) is 0.353. The highest BCUT2D eigenvalue weighted by Gasteiger charge is 2.37. The quantitative estimate of drug-likeness (QED) is 0.379. The maximum atomic E-state index is 12.9. The summed E-state index contributed by atoms with van der Waals surface area (Å²) in [4.78, 5) is 38.0. The monoisotopic (exact) mass is 413 g/mol. The molecular weight excluding hydrogens is 370 g/mol. The fourth-order valence-electron chi connectivity index (χ4n) is 2.86. The third kappa shape index (κ3) is 10.9. The van der Waals surface area contributed by atoms with Gasteiger partial charge < -0.3 is 14.4 Å². The van der Waals surface area contributed by atoms with Crippen molar-refractivity contribution in [1.82, 2.24) is 4.90 Å². The van der Waals surface area contributed by atoms with Crippen molar-refractivity contribution in [1.29, 1.82) is 0 Å². The Hall–Kier alpha value is -1.27. The Kier molecular flexibility index (Phi) is 12.5. The summed E-state index contributed by atoms with van der Waals surface area (Å²) in [5.41, 5.74) is -0.748. The summed E-state index contributed by atoms with van der Waals surface area (Å²) in [5, 5.41) is 0. The van der Waals surface area contributed by atoms with E-state index in [1.165, 1.54) is 0 Å². The van der Waals surface area contributed by atoms with Crippen LogP contribution in [0.25, 0.3) is 0 Å². The van der Waals surface area contributed by atoms with Crippen LogP contribution in [0.5, 0.6) is 0 Å². The van der Waals surface area contributed by atoms with Gasteiger partial charge in [-0.2, -0.15) is 0 Å². The number of nitrogens with zero attached hydrogens (tertiary/aromatic N) is 1. The SMILES string of the molecule is CCC(=O)CCOCC(CC)(COCCC(=O)C(C)C)N(C)C(=O)CC(C)(C)C. The van der Waals surface area contributed by atoms with Crippen molar-refractivity contribution in [2.24, 2.45) is 11.3 Å². The minimum Gasteiger partial charge on any atom is -0.378 e. The number of carbonyl (C=O) groups is 3. The number of amides is 1. The molecule has 29 heavy (non-hydrogen) atoms. The maximum Gasteiger partial charge on any atom is 0.223 e. The lowest BCUT2D eigenvalue weighted by Crippen LogP contribution is -2.56. The van der Waals surface area contributed by atoms with Crippen LogP contribution in [0.2, 0.25) is 0 Å². The van der Waals surface area contributed by atoms with E-state index < -0.39 is 5.54 Å². The van der Waals surface area contributed by atoms with E-state index in [1.807, 2.05) is 48.5 Å². The maximum absolute atomic E-state index is 12.9. The highest BCUT2D eigenvalue weighted by atomic mass is 16.5. The molecular formula is C23H43NO5. The Bertz CT molecular complexity index is 524. The summed E-state index contributed by atoms with van der Waals surface area (Å²) >= 11 is 0. The van der Waals surface area contributed by atoms with Crippen molar-refractivity contribution in [2.75, 3.05) is 33.5 Å². The molecule has 0 aliphatic carbocycles. The van der Waals surface area contributed by atoms with Gasteiger partial charge in [-0.3, -0.25) is 14.4 Å². The summed E-state index contributed by atoms with van der Waals surface area (Å²) in [7, 11) is 1.79. The van der Waals surface area contributed by atoms with Gasteiger partial charge in [0.2, 0.25) is 5.91 Å². The van der Waals surface area contributed by atoms with Gasteiger partial charge in [-0.25, -0.2) is 0 Å². The number of hydrogen-bond acceptors (Lipinski definition) is 5. The molecule has 6 nitrogen and oxygen atoms in total. The Morgan fingerprint density at radius 2 is 1.45 bits per heavy atom. The molecule has 0 aliphatic rings. The van der Waals surface area contributed by atoms with Crippen LogP contribution in [0.15, 0.2) is 0 Å². The smallest absolute Gasteiger partial charge is 0.223 e. The molecule has 1 unspecified atom stereocenters. The molecule has 0 aromatic rings. The predicted octanol–water partition coefficient (Wildman–Crippen LogP) is 4.05. The lowest BCUT2D eigenvalue weighted by atomic mass is 9.89. The van der Waals surface area contributed by atoms with Gasteiger partial charge in [0.1, 0.15) is 11.6 Å². The van der Waals surface area contributed by atoms with Crippen LogP contribution in [0.3, 0.4) is 0 Å². The fourth-order valence-corrected chi connectivity index (χ4v) is 2.86. The summed E-state index contributed by atoms with van der Waals surface area (Å²) in [6.07, 6.45) is 2.31. The molecule has 0 saturated heterocycles. The molecule has 0 aromatic carbocycles. The van der Waals surface area contributed by atoms with E-state index in [2.05, 4.69) is 0 Å². The molecule has 0 bridgehead atoms. The Balaban J connectivity index is 5.12. The van der Waals surface area contributed by atoms with Crippen molar-refractivity contribution >= 4 is 17.5 Å². The Morgan fingerprint density at radius 1 is 0.931 bits per heavy atom. The molecule has 0 aromatic heterocycles. The van der Waals surface area contributed by atoms with Gasteiger partial charge >= 0.3 is 0 Å². The molecule has 0 heterocycles. The van der Waals surface area contributed by atoms with Gasteiger partial charge in [-0.1, -0.05) is 48.5 Å². The van der Waals surface area contributed by atoms with E-state index in [-0.39, 0.29) is 28.8 Å². The van der Waals surface area contributed by atoms with E-state index in [9.17, 15) is 14.4 Å². The standard InChI is InChI=1S/C23H43NO5/c1-9-19(25)11-13-28-16-23(10-2,17-29-14-12-20(26)18(3)4)24(8)21(27)15-22(5,6)7/h18H,9-17H2,1-8H3. The van der Waals surface area contributed by atoms with Crippen LogP contribution < -0.4 is 0 Å². The number of carbonyl (C=O) groups excluding carboxylic acids is 3. The van der Waals surface area contributed by atoms with Crippen LogP contribution in [-0.2, 0) is 23.9 Å². The molecule has 170 valence electrons. The van der Waals surface area contributed by atoms with Crippen molar-refractivity contribution in [2.45, 2.75) is 86.1 Å². The lowest BCUT2D eigenvalue weighted by Gasteiger charge is -2.42. The summed E-state index contributed by atoms with van der Waals surface area (Å²) in [6, 6.07) is 0. The molecule has 1 amide bonds. The number of hydrogen-bond donors (Lipinski definition) is 0. The van der Waals surface area contributed by atoms with Gasteiger partial charge in [-0.05, 0) is 11.8 Å². The second-order valence-corrected chi connectivity index (χ2v) is 9.39. The van der Waals surface area contributed by atoms with Crippen LogP contribution >= 0.6 is 0 Å². The number of Topliss-reactive ketones (excluding diaryl/α,β-unsaturated/α-hetero) is 2. The van der Waals surface area contributed by atoms with Crippen LogP contribution in [0.4, 0.5) is 0 Å². The molecule has 0 N–H and O–H groups in total. The zero-order chi connectivity index (χ0) is 22.7. The summed E-state index contributed by atoms with van der Waals surface area (Å²) < 4.78 is 11.7. The normalized spacial score (nSPS) is 14.0. The van der Waals surface area contributed by atoms with Crippen LogP contribution in [0, 0.1) is 11.3 Å². The van der Waals surface area contributed by atoms with Gasteiger partial charge in [0.05, 0.1) is 32.0 Å². The highest BCUT2D eigenvalue weighted by Crippen LogP contribution is 2.26. The number of ether oxygens (including phenoxy) is 2. The average Bonchev–Trinajstić information content (AvgIpc) is 2.64. The molecule has 0 aliphatic heterocycles. The van der Waals surface area contributed by atoms with Crippen molar-refractivity contribution in [3.05, 3.63) is 0 Å². The zero-order valence-corrected chi connectivity index (χ0v) is 19.9. The number of likely N-dealkylation sites (N-methyl/N-ethyl adjacent to an activating group) is 1. The topological polar surface area (TPSA) is 72.9 Å². The molecule has 0 spiro atoms. The van der Waals surface area contributed by atoms with Gasteiger partial charge in [0.15, 0.2) is 0 Å². The molecule has 0 rings (SSSR count). The van der Waals surface area contributed by atoms with E-state index in [0.29, 0.717) is 58.5 Å². The predicted molar refractivity (Wildman–Crippen MR) is 116 cm³/mol. The van der Waals surface area contributed by atoms with E-state index in [1.54, 1.807) is 11.9 Å². The minimum absolute atomic E-state index is 0.00925. The second-order valence-electron chi connectivity index (χ2n) is 9.39. The number of rotatable bonds is 15. The molecule has 0 saturated carbocycles. The van der Waals surface area contributed by atoms with Gasteiger partial charge in [0.25, 0.3) is 0 Å². The molecule has 1 atom stereocenters. The van der Waals surface area contributed by atoms with Crippen molar-refractivity contribution in [3.63, 3.8) is 0 Å². The van der Waals surface area contributed by atoms with Gasteiger partial charge in [-0.15, -0.1) is 0 Å². The van der Waals surface area contributed by atoms with E-state index in [0.717, 1.165) is 0 Å². The first-order valence-electron chi connectivity index (χ1n) is 10.8. The van der Waals surface area contributed by atoms with Crippen molar-refractivity contribution < 1.29 is 23.9 Å². The minimum atomic E-state index is -0.627. The largest absolute Gasteiger partial charge is 0.378 e. The summed E-state index contributed by atoms with van der Waals surface area (Å²) in [6.45, 7) is 15.0. The molecule has 0 radical (unpaired) electrons. The highest BCUT2D eigenvalue weighted by molar-refractivity contribution is 5.80. The first-order valence-corrected chi connectivity index (χ1v) is 10.8. The van der Waals surface area contributed by atoms with Gasteiger partial charge in [0, 0.05) is 38.6 Å². The Labute approximate surface area is 177 Å². The van der Waals surface area contributed by atoms with Crippen LogP contribution in [-0.4, -0.2) is 61.4 Å². The first kappa shape index (κ1) is 27.7. The average molecular weight is 414 g/mol. The molecule has 6 heteroatoms. The fraction of sp³-hybridized carbons (Fsp3) is 0.870. The van der Waals surface area contributed by atoms with Crippen molar-refractivity contribution in [3.8, 4) is 0 Å². The van der Waals surface area contributed by atoms with E-state index >= 15 is 0 Å². The third-order valence-electron chi connectivity index (χ3n) is 5.22. The Morgan fingerprint density at radius 3 is 1.86 bits per heavy atom. The van der Waals surface area contributed by atoms with Crippen LogP contribution in [0.1, 0.15) is 80.6 Å². The third-order valence-corrected chi connectivity index (χ3v) is 5.22. The first-order chi connectivity index (χ1) is 13.4. The zero-order valence-electron chi connectivity index (χ0n) is 19.9.